The Morgan fingerprint density at radius 3 is 2.45 bits per heavy atom. The van der Waals surface area contributed by atoms with Crippen molar-refractivity contribution in [1.82, 2.24) is 5.32 Å². The molecule has 0 radical (unpaired) electrons. The lowest BCUT2D eigenvalue weighted by molar-refractivity contribution is -0.124. The Morgan fingerprint density at radius 2 is 2.09 bits per heavy atom. The quantitative estimate of drug-likeness (QED) is 0.623. The second-order valence-electron chi connectivity index (χ2n) is 3.04. The fourth-order valence-corrected chi connectivity index (χ4v) is 1.03. The molecule has 0 aliphatic heterocycles. The summed E-state index contributed by atoms with van der Waals surface area (Å²) in [5.41, 5.74) is 0. The fourth-order valence-electron chi connectivity index (χ4n) is 1.03. The third-order valence-corrected chi connectivity index (χ3v) is 1.76. The van der Waals surface area contributed by atoms with Gasteiger partial charge in [0.15, 0.2) is 0 Å². The fraction of sp³-hybridized carbons (Fsp3) is 0.875. The van der Waals surface area contributed by atoms with E-state index >= 15 is 0 Å². The first-order valence-electron chi connectivity index (χ1n) is 3.94. The monoisotopic (exact) mass is 159 g/mol. The van der Waals surface area contributed by atoms with Gasteiger partial charge in [0.2, 0.25) is 5.91 Å². The summed E-state index contributed by atoms with van der Waals surface area (Å²) in [6, 6.07) is 0. The molecule has 0 fully saturated rings. The summed E-state index contributed by atoms with van der Waals surface area (Å²) in [5.74, 6) is 0.259. The predicted octanol–water partition coefficient (Wildman–Crippen LogP) is 0.387. The van der Waals surface area contributed by atoms with Crippen molar-refractivity contribution in [3.63, 3.8) is 0 Å². The number of rotatable bonds is 4. The van der Waals surface area contributed by atoms with Crippen molar-refractivity contribution in [2.24, 2.45) is 11.8 Å². The van der Waals surface area contributed by atoms with Crippen LogP contribution in [-0.4, -0.2) is 24.7 Å². The van der Waals surface area contributed by atoms with Gasteiger partial charge in [0, 0.05) is 19.6 Å². The van der Waals surface area contributed by atoms with Crippen LogP contribution in [0.15, 0.2) is 0 Å². The van der Waals surface area contributed by atoms with Crippen LogP contribution in [0.2, 0.25) is 0 Å². The van der Waals surface area contributed by atoms with Crippen molar-refractivity contribution < 1.29 is 9.90 Å². The molecule has 2 N–H and O–H groups in total. The zero-order chi connectivity index (χ0) is 8.85. The van der Waals surface area contributed by atoms with E-state index < -0.39 is 0 Å². The molecule has 11 heavy (non-hydrogen) atoms. The summed E-state index contributed by atoms with van der Waals surface area (Å²) in [6.07, 6.45) is 0.746. The predicted molar refractivity (Wildman–Crippen MR) is 44.1 cm³/mol. The SMILES string of the molecule is CNC(=O)C(C)CC(C)CO. The third kappa shape index (κ3) is 3.98. The molecule has 3 nitrogen and oxygen atoms in total. The van der Waals surface area contributed by atoms with E-state index in [2.05, 4.69) is 5.32 Å². The highest BCUT2D eigenvalue weighted by Gasteiger charge is 2.13. The number of carbonyl (C=O) groups excluding carboxylic acids is 1. The van der Waals surface area contributed by atoms with E-state index in [4.69, 9.17) is 5.11 Å². The number of carbonyl (C=O) groups is 1. The highest BCUT2D eigenvalue weighted by molar-refractivity contribution is 5.77. The maximum absolute atomic E-state index is 11.0. The van der Waals surface area contributed by atoms with Crippen LogP contribution in [0, 0.1) is 11.8 Å². The Bertz CT molecular complexity index is 125. The third-order valence-electron chi connectivity index (χ3n) is 1.76. The van der Waals surface area contributed by atoms with Gasteiger partial charge in [0.25, 0.3) is 0 Å². The molecule has 3 heteroatoms. The Labute approximate surface area is 67.8 Å². The van der Waals surface area contributed by atoms with Crippen LogP contribution >= 0.6 is 0 Å². The van der Waals surface area contributed by atoms with E-state index in [9.17, 15) is 4.79 Å². The van der Waals surface area contributed by atoms with Gasteiger partial charge in [0.05, 0.1) is 0 Å². The van der Waals surface area contributed by atoms with Gasteiger partial charge in [-0.1, -0.05) is 13.8 Å². The van der Waals surface area contributed by atoms with Crippen molar-refractivity contribution in [2.45, 2.75) is 20.3 Å². The topological polar surface area (TPSA) is 49.3 Å². The highest BCUT2D eigenvalue weighted by Crippen LogP contribution is 2.10. The number of aliphatic hydroxyl groups excluding tert-OH is 1. The molecular formula is C8H17NO2. The van der Waals surface area contributed by atoms with Crippen LogP contribution in [0.5, 0.6) is 0 Å². The van der Waals surface area contributed by atoms with E-state index in [1.807, 2.05) is 13.8 Å². The Morgan fingerprint density at radius 1 is 1.55 bits per heavy atom. The summed E-state index contributed by atoms with van der Waals surface area (Å²) >= 11 is 0. The molecule has 0 aliphatic carbocycles. The summed E-state index contributed by atoms with van der Waals surface area (Å²) in [6.45, 7) is 3.95. The van der Waals surface area contributed by atoms with Gasteiger partial charge in [0.1, 0.15) is 0 Å². The van der Waals surface area contributed by atoms with Crippen LogP contribution in [0.1, 0.15) is 20.3 Å². The van der Waals surface area contributed by atoms with Crippen molar-refractivity contribution in [2.75, 3.05) is 13.7 Å². The molecule has 1 amide bonds. The maximum Gasteiger partial charge on any atom is 0.222 e. The van der Waals surface area contributed by atoms with Gasteiger partial charge in [-0.05, 0) is 12.3 Å². The average molecular weight is 159 g/mol. The highest BCUT2D eigenvalue weighted by atomic mass is 16.3. The molecule has 2 atom stereocenters. The first-order valence-corrected chi connectivity index (χ1v) is 3.94. The Kier molecular flexibility index (Phi) is 4.86. The van der Waals surface area contributed by atoms with E-state index in [-0.39, 0.29) is 24.3 Å². The lowest BCUT2D eigenvalue weighted by Crippen LogP contribution is -2.27. The second-order valence-corrected chi connectivity index (χ2v) is 3.04. The number of hydrogen-bond acceptors (Lipinski definition) is 2. The van der Waals surface area contributed by atoms with Crippen molar-refractivity contribution >= 4 is 5.91 Å². The normalized spacial score (nSPS) is 15.6. The van der Waals surface area contributed by atoms with Crippen molar-refractivity contribution in [3.05, 3.63) is 0 Å². The largest absolute Gasteiger partial charge is 0.396 e. The molecule has 0 bridgehead atoms. The molecule has 0 aliphatic rings. The van der Waals surface area contributed by atoms with Gasteiger partial charge in [-0.2, -0.15) is 0 Å². The van der Waals surface area contributed by atoms with Gasteiger partial charge in [-0.3, -0.25) is 4.79 Å². The molecule has 0 heterocycles. The van der Waals surface area contributed by atoms with Gasteiger partial charge in [-0.15, -0.1) is 0 Å². The minimum Gasteiger partial charge on any atom is -0.396 e. The lowest BCUT2D eigenvalue weighted by atomic mass is 9.97. The van der Waals surface area contributed by atoms with Crippen LogP contribution in [-0.2, 0) is 4.79 Å². The molecule has 66 valence electrons. The smallest absolute Gasteiger partial charge is 0.222 e. The molecule has 2 unspecified atom stereocenters. The molecule has 0 spiro atoms. The molecule has 0 saturated heterocycles. The molecule has 0 aromatic heterocycles. The summed E-state index contributed by atoms with van der Waals surface area (Å²) in [4.78, 5) is 11.0. The molecule has 0 saturated carbocycles. The minimum absolute atomic E-state index is 0.00199. The number of amides is 1. The maximum atomic E-state index is 11.0. The summed E-state index contributed by atoms with van der Waals surface area (Å²) in [7, 11) is 1.63. The Hall–Kier alpha value is -0.570. The Balaban J connectivity index is 3.67. The molecule has 0 rings (SSSR count). The van der Waals surface area contributed by atoms with Crippen LogP contribution in [0.4, 0.5) is 0 Å². The van der Waals surface area contributed by atoms with Crippen LogP contribution in [0.3, 0.4) is 0 Å². The average Bonchev–Trinajstić information content (AvgIpc) is 2.02. The van der Waals surface area contributed by atoms with E-state index in [1.165, 1.54) is 0 Å². The molecule has 0 aromatic rings. The number of hydrogen-bond donors (Lipinski definition) is 2. The van der Waals surface area contributed by atoms with E-state index in [0.29, 0.717) is 0 Å². The first-order chi connectivity index (χ1) is 5.11. The second kappa shape index (κ2) is 5.13. The number of aliphatic hydroxyl groups is 1. The standard InChI is InChI=1S/C8H17NO2/c1-6(5-10)4-7(2)8(11)9-3/h6-7,10H,4-5H2,1-3H3,(H,9,11). The van der Waals surface area contributed by atoms with Crippen LogP contribution < -0.4 is 5.32 Å². The molecular weight excluding hydrogens is 142 g/mol. The lowest BCUT2D eigenvalue weighted by Gasteiger charge is -2.13. The van der Waals surface area contributed by atoms with E-state index in [0.717, 1.165) is 6.42 Å². The minimum atomic E-state index is 0.00199. The van der Waals surface area contributed by atoms with Gasteiger partial charge < -0.3 is 10.4 Å². The zero-order valence-electron chi connectivity index (χ0n) is 7.42. The summed E-state index contributed by atoms with van der Waals surface area (Å²) in [5, 5.41) is 11.3. The van der Waals surface area contributed by atoms with E-state index in [1.54, 1.807) is 7.05 Å². The number of nitrogens with one attached hydrogen (secondary N) is 1. The van der Waals surface area contributed by atoms with Crippen molar-refractivity contribution in [1.29, 1.82) is 0 Å². The van der Waals surface area contributed by atoms with Gasteiger partial charge >= 0.3 is 0 Å². The van der Waals surface area contributed by atoms with Gasteiger partial charge in [-0.25, -0.2) is 0 Å². The van der Waals surface area contributed by atoms with Crippen LogP contribution in [0.25, 0.3) is 0 Å². The first kappa shape index (κ1) is 10.4. The van der Waals surface area contributed by atoms with Crippen molar-refractivity contribution in [3.8, 4) is 0 Å². The molecule has 0 aromatic carbocycles. The zero-order valence-corrected chi connectivity index (χ0v) is 7.42. The summed E-state index contributed by atoms with van der Waals surface area (Å²) < 4.78 is 0.